The maximum absolute atomic E-state index is 12.3. The minimum Gasteiger partial charge on any atom is -0.494 e. The lowest BCUT2D eigenvalue weighted by molar-refractivity contribution is -0.114. The highest BCUT2D eigenvalue weighted by Crippen LogP contribution is 2.28. The minimum absolute atomic E-state index is 0.0508. The Morgan fingerprint density at radius 2 is 1.91 bits per heavy atom. The van der Waals surface area contributed by atoms with Gasteiger partial charge >= 0.3 is 6.03 Å². The number of hydrogen-bond donors (Lipinski definition) is 3. The number of carbonyl (C=O) groups excluding carboxylic acids is 2. The molecule has 0 heterocycles. The van der Waals surface area contributed by atoms with Crippen molar-refractivity contribution >= 4 is 23.3 Å². The summed E-state index contributed by atoms with van der Waals surface area (Å²) in [5, 5.41) is 14.9. The number of aliphatic hydroxyl groups is 1. The van der Waals surface area contributed by atoms with Crippen molar-refractivity contribution in [2.24, 2.45) is 0 Å². The molecule has 0 radical (unpaired) electrons. The van der Waals surface area contributed by atoms with Crippen LogP contribution in [0.2, 0.25) is 0 Å². The van der Waals surface area contributed by atoms with E-state index in [4.69, 9.17) is 4.74 Å². The lowest BCUT2D eigenvalue weighted by atomic mass is 10.2. The largest absolute Gasteiger partial charge is 0.494 e. The van der Waals surface area contributed by atoms with E-state index in [1.54, 1.807) is 30.0 Å². The summed E-state index contributed by atoms with van der Waals surface area (Å²) in [6, 6.07) is 4.60. The fraction of sp³-hybridized carbons (Fsp3) is 0.500. The van der Waals surface area contributed by atoms with Crippen molar-refractivity contribution in [1.82, 2.24) is 4.90 Å². The fourth-order valence-electron chi connectivity index (χ4n) is 2.07. The van der Waals surface area contributed by atoms with Crippen molar-refractivity contribution in [3.8, 4) is 5.75 Å². The van der Waals surface area contributed by atoms with Crippen LogP contribution < -0.4 is 15.4 Å². The van der Waals surface area contributed by atoms with E-state index < -0.39 is 6.10 Å². The fourth-order valence-corrected chi connectivity index (χ4v) is 2.07. The van der Waals surface area contributed by atoms with Crippen molar-refractivity contribution in [2.75, 3.05) is 24.3 Å². The van der Waals surface area contributed by atoms with Crippen molar-refractivity contribution in [3.63, 3.8) is 0 Å². The highest BCUT2D eigenvalue weighted by atomic mass is 16.5. The molecule has 1 rings (SSSR count). The molecule has 0 saturated carbocycles. The van der Waals surface area contributed by atoms with Gasteiger partial charge in [-0.25, -0.2) is 4.79 Å². The number of benzene rings is 1. The van der Waals surface area contributed by atoms with Gasteiger partial charge < -0.3 is 25.4 Å². The van der Waals surface area contributed by atoms with Gasteiger partial charge in [0.2, 0.25) is 5.91 Å². The number of carbonyl (C=O) groups is 2. The molecule has 0 aliphatic carbocycles. The first kappa shape index (κ1) is 18.8. The monoisotopic (exact) mass is 323 g/mol. The van der Waals surface area contributed by atoms with Gasteiger partial charge in [0, 0.05) is 31.3 Å². The van der Waals surface area contributed by atoms with E-state index in [1.807, 2.05) is 13.8 Å². The van der Waals surface area contributed by atoms with Crippen molar-refractivity contribution in [2.45, 2.75) is 39.8 Å². The Morgan fingerprint density at radius 1 is 1.26 bits per heavy atom. The maximum atomic E-state index is 12.3. The topological polar surface area (TPSA) is 90.9 Å². The number of hydrogen-bond acceptors (Lipinski definition) is 4. The van der Waals surface area contributed by atoms with Gasteiger partial charge in [0.1, 0.15) is 5.75 Å². The van der Waals surface area contributed by atoms with Crippen molar-refractivity contribution < 1.29 is 19.4 Å². The Morgan fingerprint density at radius 3 is 2.39 bits per heavy atom. The van der Waals surface area contributed by atoms with Crippen molar-refractivity contribution in [3.05, 3.63) is 18.2 Å². The van der Waals surface area contributed by atoms with Crippen molar-refractivity contribution in [1.29, 1.82) is 0 Å². The van der Waals surface area contributed by atoms with Gasteiger partial charge in [0.25, 0.3) is 0 Å². The lowest BCUT2D eigenvalue weighted by Crippen LogP contribution is -2.43. The highest BCUT2D eigenvalue weighted by Gasteiger charge is 2.19. The van der Waals surface area contributed by atoms with Crippen LogP contribution in [-0.4, -0.2) is 47.7 Å². The van der Waals surface area contributed by atoms with Crippen LogP contribution in [0.15, 0.2) is 18.2 Å². The maximum Gasteiger partial charge on any atom is 0.322 e. The second-order valence-corrected chi connectivity index (χ2v) is 5.62. The molecule has 1 aromatic carbocycles. The van der Waals surface area contributed by atoms with Crippen LogP contribution in [0, 0.1) is 0 Å². The van der Waals surface area contributed by atoms with E-state index in [1.165, 1.54) is 14.0 Å². The first-order valence-electron chi connectivity index (χ1n) is 7.46. The summed E-state index contributed by atoms with van der Waals surface area (Å²) in [5.74, 6) is 0.243. The molecule has 7 nitrogen and oxygen atoms in total. The molecule has 3 amide bonds. The number of rotatable bonds is 6. The summed E-state index contributed by atoms with van der Waals surface area (Å²) in [6.45, 7) is 7.04. The smallest absolute Gasteiger partial charge is 0.322 e. The van der Waals surface area contributed by atoms with Gasteiger partial charge in [-0.1, -0.05) is 0 Å². The van der Waals surface area contributed by atoms with Crippen LogP contribution in [0.25, 0.3) is 0 Å². The Balaban J connectivity index is 2.90. The van der Waals surface area contributed by atoms with E-state index in [9.17, 15) is 14.7 Å². The SMILES string of the molecule is COc1cc(NC(=O)N(C[C@H](C)O)C(C)C)ccc1NC(C)=O. The molecule has 0 spiro atoms. The Bertz CT molecular complexity index is 558. The molecule has 0 saturated heterocycles. The predicted octanol–water partition coefficient (Wildman–Crippen LogP) is 2.28. The second-order valence-electron chi connectivity index (χ2n) is 5.62. The van der Waals surface area contributed by atoms with Gasteiger partial charge in [-0.05, 0) is 32.9 Å². The minimum atomic E-state index is -0.611. The molecule has 0 aliphatic heterocycles. The van der Waals surface area contributed by atoms with Gasteiger partial charge in [-0.3, -0.25) is 4.79 Å². The summed E-state index contributed by atoms with van der Waals surface area (Å²) >= 11 is 0. The summed E-state index contributed by atoms with van der Waals surface area (Å²) in [4.78, 5) is 25.0. The number of ether oxygens (including phenoxy) is 1. The molecule has 7 heteroatoms. The average Bonchev–Trinajstić information content (AvgIpc) is 2.45. The molecule has 3 N–H and O–H groups in total. The number of amides is 3. The van der Waals surface area contributed by atoms with E-state index in [2.05, 4.69) is 10.6 Å². The third kappa shape index (κ3) is 5.78. The zero-order valence-electron chi connectivity index (χ0n) is 14.2. The van der Waals surface area contributed by atoms with Crippen LogP contribution in [0.5, 0.6) is 5.75 Å². The quantitative estimate of drug-likeness (QED) is 0.749. The van der Waals surface area contributed by atoms with E-state index in [0.29, 0.717) is 17.1 Å². The zero-order valence-corrected chi connectivity index (χ0v) is 14.2. The molecule has 0 aliphatic rings. The highest BCUT2D eigenvalue weighted by molar-refractivity contribution is 5.93. The number of nitrogens with one attached hydrogen (secondary N) is 2. The molecule has 128 valence electrons. The molecule has 0 fully saturated rings. The van der Waals surface area contributed by atoms with E-state index in [-0.39, 0.29) is 24.5 Å². The van der Waals surface area contributed by atoms with Gasteiger partial charge in [-0.15, -0.1) is 0 Å². The van der Waals surface area contributed by atoms with Crippen LogP contribution >= 0.6 is 0 Å². The van der Waals surface area contributed by atoms with Crippen LogP contribution in [0.3, 0.4) is 0 Å². The van der Waals surface area contributed by atoms with E-state index in [0.717, 1.165) is 0 Å². The average molecular weight is 323 g/mol. The van der Waals surface area contributed by atoms with Gasteiger partial charge in [0.05, 0.1) is 18.9 Å². The Hall–Kier alpha value is -2.28. The lowest BCUT2D eigenvalue weighted by Gasteiger charge is -2.28. The summed E-state index contributed by atoms with van der Waals surface area (Å²) < 4.78 is 5.22. The molecule has 0 unspecified atom stereocenters. The number of nitrogens with zero attached hydrogens (tertiary/aromatic N) is 1. The normalized spacial score (nSPS) is 11.8. The van der Waals surface area contributed by atoms with Gasteiger partial charge in [0.15, 0.2) is 0 Å². The Labute approximate surface area is 136 Å². The molecular weight excluding hydrogens is 298 g/mol. The number of urea groups is 1. The standard InChI is InChI=1S/C16H25N3O4/c1-10(2)19(9-11(3)20)16(22)18-13-6-7-14(17-12(4)21)15(8-13)23-5/h6-8,10-11,20H,9H2,1-5H3,(H,17,21)(H,18,22)/t11-/m0/s1. The first-order valence-corrected chi connectivity index (χ1v) is 7.46. The third-order valence-electron chi connectivity index (χ3n) is 3.11. The molecule has 0 aromatic heterocycles. The number of methoxy groups -OCH3 is 1. The first-order chi connectivity index (χ1) is 10.7. The molecule has 23 heavy (non-hydrogen) atoms. The van der Waals surface area contributed by atoms with Crippen LogP contribution in [-0.2, 0) is 4.79 Å². The third-order valence-corrected chi connectivity index (χ3v) is 3.11. The number of anilines is 2. The zero-order chi connectivity index (χ0) is 17.6. The second kappa shape index (κ2) is 8.38. The molecule has 1 atom stereocenters. The predicted molar refractivity (Wildman–Crippen MR) is 89.8 cm³/mol. The Kier molecular flexibility index (Phi) is 6.84. The number of aliphatic hydroxyl groups excluding tert-OH is 1. The summed E-state index contributed by atoms with van der Waals surface area (Å²) in [6.07, 6.45) is -0.611. The van der Waals surface area contributed by atoms with Crippen LogP contribution in [0.4, 0.5) is 16.2 Å². The molecule has 1 aromatic rings. The van der Waals surface area contributed by atoms with E-state index >= 15 is 0 Å². The van der Waals surface area contributed by atoms with Crippen LogP contribution in [0.1, 0.15) is 27.7 Å². The summed E-state index contributed by atoms with van der Waals surface area (Å²) in [5.41, 5.74) is 1.07. The molecular formula is C16H25N3O4. The summed E-state index contributed by atoms with van der Waals surface area (Å²) in [7, 11) is 1.49. The molecule has 0 bridgehead atoms. The van der Waals surface area contributed by atoms with Gasteiger partial charge in [-0.2, -0.15) is 0 Å².